The number of para-hydroxylation sites is 1. The average Bonchev–Trinajstić information content (AvgIpc) is 3.36. The molecular weight excluding hydrogens is 534 g/mol. The van der Waals surface area contributed by atoms with Crippen LogP contribution in [0.5, 0.6) is 11.5 Å². The Kier molecular flexibility index (Phi) is 7.39. The third kappa shape index (κ3) is 5.19. The maximum atomic E-state index is 13.6. The molecule has 2 heterocycles. The van der Waals surface area contributed by atoms with E-state index in [1.54, 1.807) is 66.7 Å². The molecule has 1 atom stereocenters. The van der Waals surface area contributed by atoms with Gasteiger partial charge in [0.05, 0.1) is 24.2 Å². The number of ether oxygens (including phenoxy) is 2. The molecule has 202 valence electrons. The molecule has 0 aliphatic heterocycles. The maximum Gasteiger partial charge on any atom is 0.344 e. The van der Waals surface area contributed by atoms with E-state index in [1.165, 1.54) is 24.9 Å². The molecule has 10 heteroatoms. The van der Waals surface area contributed by atoms with Crippen molar-refractivity contribution in [1.82, 2.24) is 9.66 Å². The predicted octanol–water partition coefficient (Wildman–Crippen LogP) is 5.93. The number of rotatable bonds is 9. The number of methoxy groups -OCH3 is 1. The van der Waals surface area contributed by atoms with Gasteiger partial charge in [0.2, 0.25) is 5.82 Å². The van der Waals surface area contributed by atoms with Crippen LogP contribution in [-0.2, 0) is 11.2 Å². The molecule has 2 aromatic heterocycles. The molecule has 0 amide bonds. The van der Waals surface area contributed by atoms with E-state index in [0.29, 0.717) is 56.3 Å². The molecule has 5 rings (SSSR count). The van der Waals surface area contributed by atoms with Crippen LogP contribution in [0.15, 0.2) is 87.6 Å². The minimum Gasteiger partial charge on any atom is -0.493 e. The van der Waals surface area contributed by atoms with Crippen molar-refractivity contribution in [2.75, 3.05) is 7.11 Å². The summed E-state index contributed by atoms with van der Waals surface area (Å²) in [7, 11) is 1.45. The number of fused-ring (bicyclic) bond motifs is 2. The van der Waals surface area contributed by atoms with Gasteiger partial charge in [-0.3, -0.25) is 4.79 Å². The van der Waals surface area contributed by atoms with Crippen LogP contribution in [0.1, 0.15) is 18.1 Å². The number of hydrogen-bond donors (Lipinski definition) is 1. The summed E-state index contributed by atoms with van der Waals surface area (Å²) < 4.78 is 18.4. The molecule has 0 bridgehead atoms. The topological polar surface area (TPSA) is 116 Å². The van der Waals surface area contributed by atoms with E-state index in [4.69, 9.17) is 25.5 Å². The van der Waals surface area contributed by atoms with E-state index in [0.717, 1.165) is 5.39 Å². The van der Waals surface area contributed by atoms with E-state index in [2.05, 4.69) is 16.7 Å². The van der Waals surface area contributed by atoms with Gasteiger partial charge in [-0.05, 0) is 67.4 Å². The Morgan fingerprint density at radius 1 is 1.23 bits per heavy atom. The summed E-state index contributed by atoms with van der Waals surface area (Å²) in [6.45, 7) is 5.21. The van der Waals surface area contributed by atoms with Crippen LogP contribution in [0.25, 0.3) is 33.5 Å². The lowest BCUT2D eigenvalue weighted by Crippen LogP contribution is -2.23. The number of aromatic nitrogens is 2. The second-order valence-corrected chi connectivity index (χ2v) is 9.35. The Morgan fingerprint density at radius 2 is 2.02 bits per heavy atom. The van der Waals surface area contributed by atoms with Gasteiger partial charge in [-0.2, -0.15) is 9.78 Å². The van der Waals surface area contributed by atoms with Crippen LogP contribution in [0.2, 0.25) is 5.02 Å². The van der Waals surface area contributed by atoms with Gasteiger partial charge in [-0.1, -0.05) is 29.8 Å². The summed E-state index contributed by atoms with van der Waals surface area (Å²) in [5.74, 6) is 0.0445. The van der Waals surface area contributed by atoms with E-state index < -0.39 is 12.1 Å². The lowest BCUT2D eigenvalue weighted by molar-refractivity contribution is -0.144. The van der Waals surface area contributed by atoms with Crippen LogP contribution >= 0.6 is 11.6 Å². The van der Waals surface area contributed by atoms with Crippen LogP contribution in [0.3, 0.4) is 0 Å². The molecule has 0 aliphatic rings. The maximum absolute atomic E-state index is 13.6. The van der Waals surface area contributed by atoms with Gasteiger partial charge < -0.3 is 19.0 Å². The van der Waals surface area contributed by atoms with E-state index >= 15 is 0 Å². The molecular formula is C30H24ClN3O6. The zero-order chi connectivity index (χ0) is 28.4. The van der Waals surface area contributed by atoms with Crippen molar-refractivity contribution in [3.63, 3.8) is 0 Å². The fraction of sp³-hybridized carbons (Fsp3) is 0.133. The normalized spacial score (nSPS) is 12.2. The third-order valence-electron chi connectivity index (χ3n) is 6.16. The monoisotopic (exact) mass is 557 g/mol. The Morgan fingerprint density at radius 3 is 2.77 bits per heavy atom. The van der Waals surface area contributed by atoms with Gasteiger partial charge in [-0.15, -0.1) is 6.58 Å². The average molecular weight is 558 g/mol. The predicted molar refractivity (Wildman–Crippen MR) is 154 cm³/mol. The molecule has 0 saturated heterocycles. The summed E-state index contributed by atoms with van der Waals surface area (Å²) >= 11 is 6.15. The second-order valence-electron chi connectivity index (χ2n) is 8.91. The van der Waals surface area contributed by atoms with Gasteiger partial charge in [0, 0.05) is 16.0 Å². The van der Waals surface area contributed by atoms with Crippen molar-refractivity contribution in [2.24, 2.45) is 5.10 Å². The van der Waals surface area contributed by atoms with Crippen molar-refractivity contribution >= 4 is 45.7 Å². The van der Waals surface area contributed by atoms with Crippen molar-refractivity contribution in [2.45, 2.75) is 19.4 Å². The molecule has 0 aliphatic carbocycles. The molecule has 0 spiro atoms. The minimum atomic E-state index is -1.11. The first-order chi connectivity index (χ1) is 19.3. The highest BCUT2D eigenvalue weighted by molar-refractivity contribution is 6.31. The number of hydrogen-bond acceptors (Lipinski definition) is 7. The smallest absolute Gasteiger partial charge is 0.344 e. The number of nitrogens with zero attached hydrogens (tertiary/aromatic N) is 3. The summed E-state index contributed by atoms with van der Waals surface area (Å²) in [5.41, 5.74) is 1.91. The molecule has 9 nitrogen and oxygen atoms in total. The molecule has 40 heavy (non-hydrogen) atoms. The van der Waals surface area contributed by atoms with Crippen molar-refractivity contribution in [1.29, 1.82) is 0 Å². The number of furan rings is 1. The Balaban J connectivity index is 1.65. The fourth-order valence-electron chi connectivity index (χ4n) is 4.22. The first kappa shape index (κ1) is 26.7. The van der Waals surface area contributed by atoms with Crippen LogP contribution in [-0.4, -0.2) is 40.2 Å². The minimum absolute atomic E-state index is 0.209. The molecule has 5 aromatic rings. The molecule has 0 fully saturated rings. The largest absolute Gasteiger partial charge is 0.493 e. The summed E-state index contributed by atoms with van der Waals surface area (Å²) in [4.78, 5) is 29.7. The lowest BCUT2D eigenvalue weighted by Gasteiger charge is -2.18. The van der Waals surface area contributed by atoms with Crippen LogP contribution in [0.4, 0.5) is 0 Å². The van der Waals surface area contributed by atoms with E-state index in [-0.39, 0.29) is 11.4 Å². The zero-order valence-corrected chi connectivity index (χ0v) is 22.4. The highest BCUT2D eigenvalue weighted by atomic mass is 35.5. The van der Waals surface area contributed by atoms with E-state index in [9.17, 15) is 14.7 Å². The van der Waals surface area contributed by atoms with Gasteiger partial charge in [0.25, 0.3) is 5.56 Å². The quantitative estimate of drug-likeness (QED) is 0.176. The van der Waals surface area contributed by atoms with Gasteiger partial charge >= 0.3 is 5.97 Å². The molecule has 0 unspecified atom stereocenters. The number of aliphatic carboxylic acids is 1. The number of halogens is 1. The number of benzene rings is 3. The molecule has 1 N–H and O–H groups in total. The Hall–Kier alpha value is -4.89. The van der Waals surface area contributed by atoms with Crippen molar-refractivity contribution in [3.05, 3.63) is 99.8 Å². The first-order valence-electron chi connectivity index (χ1n) is 12.3. The highest BCUT2D eigenvalue weighted by Gasteiger charge is 2.20. The van der Waals surface area contributed by atoms with Gasteiger partial charge in [0.15, 0.2) is 23.4 Å². The fourth-order valence-corrected chi connectivity index (χ4v) is 4.40. The van der Waals surface area contributed by atoms with Crippen molar-refractivity contribution in [3.8, 4) is 23.1 Å². The zero-order valence-electron chi connectivity index (χ0n) is 21.6. The molecule has 0 radical (unpaired) electrons. The second kappa shape index (κ2) is 11.1. The van der Waals surface area contributed by atoms with Gasteiger partial charge in [0.1, 0.15) is 5.58 Å². The SMILES string of the molecule is C=CCc1cc(C=Nn2c(-c3cc4cc(Cl)ccc4o3)nc3ccccc3c2=O)cc(OC)c1O[C@H](C)C(=O)O. The Labute approximate surface area is 233 Å². The third-order valence-corrected chi connectivity index (χ3v) is 6.39. The number of carboxylic acids is 1. The van der Waals surface area contributed by atoms with Crippen LogP contribution < -0.4 is 15.0 Å². The van der Waals surface area contributed by atoms with Gasteiger partial charge in [-0.25, -0.2) is 9.78 Å². The van der Waals surface area contributed by atoms with Crippen LogP contribution in [0, 0.1) is 0 Å². The summed E-state index contributed by atoms with van der Waals surface area (Å²) in [6, 6.07) is 17.4. The van der Waals surface area contributed by atoms with E-state index in [1.807, 2.05) is 0 Å². The standard InChI is InChI=1S/C30H24ClN3O6/c1-4-7-19-12-18(13-25(38-3)27(19)39-17(2)30(36)37)16-32-34-28(33-23-9-6-5-8-22(23)29(34)35)26-15-20-14-21(31)10-11-24(20)40-26/h4-6,8-17H,1,7H2,2-3H3,(H,36,37)/t17-/m1/s1. The summed E-state index contributed by atoms with van der Waals surface area (Å²) in [6.07, 6.45) is 2.43. The number of carbonyl (C=O) groups is 1. The number of carboxylic acid groups (broad SMARTS) is 1. The Bertz CT molecular complexity index is 1860. The highest BCUT2D eigenvalue weighted by Crippen LogP contribution is 2.34. The summed E-state index contributed by atoms with van der Waals surface area (Å²) in [5, 5.41) is 15.5. The number of allylic oxidation sites excluding steroid dienone is 1. The van der Waals surface area contributed by atoms with Crippen molar-refractivity contribution < 1.29 is 23.8 Å². The first-order valence-corrected chi connectivity index (χ1v) is 12.6. The molecule has 0 saturated carbocycles. The molecule has 3 aromatic carbocycles. The lowest BCUT2D eigenvalue weighted by atomic mass is 10.1.